The van der Waals surface area contributed by atoms with E-state index in [1.807, 2.05) is 0 Å². The molecule has 1 aliphatic heterocycles. The second-order valence-electron chi connectivity index (χ2n) is 13.8. The van der Waals surface area contributed by atoms with Crippen LogP contribution < -0.4 is 5.32 Å². The van der Waals surface area contributed by atoms with Gasteiger partial charge in [0, 0.05) is 13.0 Å². The molecule has 0 spiro atoms. The normalized spacial score (nSPS) is 14.1. The van der Waals surface area contributed by atoms with E-state index in [-0.39, 0.29) is 12.1 Å². The Bertz CT molecular complexity index is 688. The van der Waals surface area contributed by atoms with E-state index in [0.29, 0.717) is 6.42 Å². The average Bonchev–Trinajstić information content (AvgIpc) is 3.50. The molecule has 0 aromatic heterocycles. The third kappa shape index (κ3) is 24.9. The maximum Gasteiger partial charge on any atom is 0.221 e. The number of amides is 1. The van der Waals surface area contributed by atoms with Crippen molar-refractivity contribution in [2.24, 2.45) is 4.99 Å². The van der Waals surface area contributed by atoms with Crippen LogP contribution in [0.1, 0.15) is 213 Å². The predicted octanol–water partition coefficient (Wildman–Crippen LogP) is 12.5. The minimum absolute atomic E-state index is 0.0149. The summed E-state index contributed by atoms with van der Waals surface area (Å²) in [6.45, 7) is 8.42. The Morgan fingerprint density at radius 3 is 1.45 bits per heavy atom. The van der Waals surface area contributed by atoms with Crippen molar-refractivity contribution in [1.82, 2.24) is 10.2 Å². The molecule has 0 aliphatic carbocycles. The largest absolute Gasteiger partial charge is 0.336 e. The summed E-state index contributed by atoms with van der Waals surface area (Å²) in [6, 6.07) is 0. The lowest BCUT2D eigenvalue weighted by molar-refractivity contribution is -0.122. The number of carbonyl (C=O) groups excluding carboxylic acids is 1. The van der Waals surface area contributed by atoms with Gasteiger partial charge in [0.15, 0.2) is 0 Å². The lowest BCUT2D eigenvalue weighted by atomic mass is 10.0. The summed E-state index contributed by atoms with van der Waals surface area (Å²) in [5, 5.41) is 3.23. The van der Waals surface area contributed by atoms with Crippen molar-refractivity contribution < 1.29 is 4.79 Å². The predicted molar refractivity (Wildman–Crippen MR) is 196 cm³/mol. The van der Waals surface area contributed by atoms with Gasteiger partial charge in [-0.15, -0.1) is 0 Å². The Hall–Kier alpha value is -1.32. The molecule has 0 aromatic rings. The lowest BCUT2D eigenvalue weighted by Crippen LogP contribution is -2.47. The van der Waals surface area contributed by atoms with Crippen LogP contribution in [-0.2, 0) is 4.79 Å². The third-order valence-corrected chi connectivity index (χ3v) is 9.50. The molecule has 1 rings (SSSR count). The van der Waals surface area contributed by atoms with Crippen molar-refractivity contribution in [3.05, 3.63) is 12.2 Å². The van der Waals surface area contributed by atoms with Crippen LogP contribution in [0.25, 0.3) is 0 Å². The molecule has 0 bridgehead atoms. The van der Waals surface area contributed by atoms with Gasteiger partial charge in [-0.25, -0.2) is 0 Å². The molecule has 4 nitrogen and oxygen atoms in total. The molecule has 1 unspecified atom stereocenters. The zero-order valence-electron chi connectivity index (χ0n) is 30.2. The molecule has 0 radical (unpaired) electrons. The molecule has 1 amide bonds. The Morgan fingerprint density at radius 2 is 1.02 bits per heavy atom. The summed E-state index contributed by atoms with van der Waals surface area (Å²) in [5.41, 5.74) is 0. The fourth-order valence-electron chi connectivity index (χ4n) is 6.53. The SMILES string of the molecule is CCCCCCCCCCCCCCCC=CC1=NCCN1C(C)NC(=O)CCCCCCCCCCCCCCCCC. The van der Waals surface area contributed by atoms with Crippen LogP contribution in [-0.4, -0.2) is 35.9 Å². The number of hydrogen-bond donors (Lipinski definition) is 1. The van der Waals surface area contributed by atoms with Gasteiger partial charge in [-0.1, -0.05) is 187 Å². The summed E-state index contributed by atoms with van der Waals surface area (Å²) in [7, 11) is 0. The Labute approximate surface area is 276 Å². The van der Waals surface area contributed by atoms with Gasteiger partial charge in [0.25, 0.3) is 0 Å². The number of unbranched alkanes of at least 4 members (excludes halogenated alkanes) is 27. The van der Waals surface area contributed by atoms with Crippen molar-refractivity contribution in [3.63, 3.8) is 0 Å². The van der Waals surface area contributed by atoms with Crippen LogP contribution in [0.15, 0.2) is 17.1 Å². The molecule has 4 heteroatoms. The standard InChI is InChI=1S/C40H77N3O/c1-4-6-8-10-12-14-16-18-20-22-24-26-28-30-32-34-39-41-36-37-43(39)38(3)42-40(44)35-33-31-29-27-25-23-21-19-17-15-13-11-9-7-5-2/h32,34,38H,4-31,33,35-37H2,1-3H3,(H,42,44). The maximum absolute atomic E-state index is 12.6. The molecular formula is C40H77N3O. The van der Waals surface area contributed by atoms with E-state index < -0.39 is 0 Å². The second kappa shape index (κ2) is 31.7. The first-order valence-electron chi connectivity index (χ1n) is 20.0. The second-order valence-corrected chi connectivity index (χ2v) is 13.8. The summed E-state index contributed by atoms with van der Waals surface area (Å²) in [5.74, 6) is 1.23. The third-order valence-electron chi connectivity index (χ3n) is 9.50. The van der Waals surface area contributed by atoms with Crippen LogP contribution in [0.3, 0.4) is 0 Å². The van der Waals surface area contributed by atoms with Crippen LogP contribution >= 0.6 is 0 Å². The van der Waals surface area contributed by atoms with Gasteiger partial charge in [-0.3, -0.25) is 9.79 Å². The van der Waals surface area contributed by atoms with E-state index in [9.17, 15) is 4.79 Å². The van der Waals surface area contributed by atoms with Gasteiger partial charge in [-0.2, -0.15) is 0 Å². The number of amidine groups is 1. The van der Waals surface area contributed by atoms with Crippen molar-refractivity contribution in [2.75, 3.05) is 13.1 Å². The Balaban J connectivity index is 1.96. The first kappa shape index (κ1) is 40.7. The molecule has 1 N–H and O–H groups in total. The number of allylic oxidation sites excluding steroid dienone is 1. The maximum atomic E-state index is 12.6. The number of hydrogen-bond acceptors (Lipinski definition) is 3. The average molecular weight is 616 g/mol. The van der Waals surface area contributed by atoms with E-state index in [1.165, 1.54) is 173 Å². The molecule has 1 heterocycles. The highest BCUT2D eigenvalue weighted by Crippen LogP contribution is 2.15. The van der Waals surface area contributed by atoms with Crippen molar-refractivity contribution in [1.29, 1.82) is 0 Å². The Morgan fingerprint density at radius 1 is 0.636 bits per heavy atom. The topological polar surface area (TPSA) is 44.7 Å². The van der Waals surface area contributed by atoms with E-state index in [1.54, 1.807) is 0 Å². The van der Waals surface area contributed by atoms with Gasteiger partial charge in [-0.05, 0) is 32.3 Å². The van der Waals surface area contributed by atoms with Gasteiger partial charge in [0.1, 0.15) is 5.84 Å². The van der Waals surface area contributed by atoms with Gasteiger partial charge in [0.2, 0.25) is 5.91 Å². The van der Waals surface area contributed by atoms with Gasteiger partial charge >= 0.3 is 0 Å². The summed E-state index contributed by atoms with van der Waals surface area (Å²) >= 11 is 0. The van der Waals surface area contributed by atoms with Crippen LogP contribution in [0.2, 0.25) is 0 Å². The fourth-order valence-corrected chi connectivity index (χ4v) is 6.53. The van der Waals surface area contributed by atoms with E-state index in [2.05, 4.69) is 43.1 Å². The number of nitrogens with zero attached hydrogens (tertiary/aromatic N) is 2. The van der Waals surface area contributed by atoms with E-state index >= 15 is 0 Å². The van der Waals surface area contributed by atoms with Crippen LogP contribution in [0.4, 0.5) is 0 Å². The highest BCUT2D eigenvalue weighted by molar-refractivity contribution is 5.94. The number of carbonyl (C=O) groups is 1. The molecule has 258 valence electrons. The molecule has 44 heavy (non-hydrogen) atoms. The zero-order valence-corrected chi connectivity index (χ0v) is 30.2. The quantitative estimate of drug-likeness (QED) is 0.0746. The minimum atomic E-state index is 0.0149. The monoisotopic (exact) mass is 616 g/mol. The number of rotatable bonds is 33. The Kier molecular flexibility index (Phi) is 29.3. The first-order chi connectivity index (χ1) is 21.7. The van der Waals surface area contributed by atoms with Crippen molar-refractivity contribution in [3.8, 4) is 0 Å². The highest BCUT2D eigenvalue weighted by atomic mass is 16.1. The van der Waals surface area contributed by atoms with Crippen LogP contribution in [0, 0.1) is 0 Å². The highest BCUT2D eigenvalue weighted by Gasteiger charge is 2.21. The number of aliphatic imine (C=N–C) groups is 1. The summed E-state index contributed by atoms with van der Waals surface area (Å²) in [4.78, 5) is 19.5. The molecule has 0 fully saturated rings. The molecule has 1 aliphatic rings. The molecule has 0 aromatic carbocycles. The molecule has 0 saturated heterocycles. The van der Waals surface area contributed by atoms with Crippen LogP contribution in [0.5, 0.6) is 0 Å². The minimum Gasteiger partial charge on any atom is -0.336 e. The van der Waals surface area contributed by atoms with Crippen molar-refractivity contribution in [2.45, 2.75) is 220 Å². The van der Waals surface area contributed by atoms with E-state index in [4.69, 9.17) is 4.99 Å². The van der Waals surface area contributed by atoms with E-state index in [0.717, 1.165) is 31.8 Å². The van der Waals surface area contributed by atoms with Crippen molar-refractivity contribution >= 4 is 11.7 Å². The summed E-state index contributed by atoms with van der Waals surface area (Å²) < 4.78 is 0. The molecule has 0 saturated carbocycles. The first-order valence-corrected chi connectivity index (χ1v) is 20.0. The van der Waals surface area contributed by atoms with Gasteiger partial charge in [0.05, 0.1) is 12.7 Å². The molecular weight excluding hydrogens is 538 g/mol. The fraction of sp³-hybridized carbons (Fsp3) is 0.900. The lowest BCUT2D eigenvalue weighted by Gasteiger charge is -2.27. The van der Waals surface area contributed by atoms with Gasteiger partial charge < -0.3 is 10.2 Å². The smallest absolute Gasteiger partial charge is 0.221 e. The molecule has 1 atom stereocenters. The zero-order chi connectivity index (χ0) is 31.8. The number of nitrogens with one attached hydrogen (secondary N) is 1. The summed E-state index contributed by atoms with van der Waals surface area (Å²) in [6.07, 6.45) is 44.8.